The first-order valence-corrected chi connectivity index (χ1v) is 4.97. The van der Waals surface area contributed by atoms with Gasteiger partial charge in [0.25, 0.3) is 0 Å². The van der Waals surface area contributed by atoms with Crippen LogP contribution in [0, 0.1) is 0 Å². The zero-order valence-corrected chi connectivity index (χ0v) is 9.00. The second-order valence-corrected chi connectivity index (χ2v) is 3.65. The minimum absolute atomic E-state index is 0. The third-order valence-corrected chi connectivity index (χ3v) is 2.80. The molecule has 1 aliphatic rings. The van der Waals surface area contributed by atoms with Crippen molar-refractivity contribution in [2.45, 2.75) is 13.0 Å². The maximum atomic E-state index is 11.4. The monoisotopic (exact) mass is 210 g/mol. The summed E-state index contributed by atoms with van der Waals surface area (Å²) in [6, 6.07) is 0.0601. The van der Waals surface area contributed by atoms with Crippen LogP contribution in [0.3, 0.4) is 0 Å². The lowest BCUT2D eigenvalue weighted by Crippen LogP contribution is -2.42. The molecule has 0 aliphatic carbocycles. The largest absolute Gasteiger partial charge is 0.345 e. The van der Waals surface area contributed by atoms with Gasteiger partial charge in [0.05, 0.1) is 6.04 Å². The normalized spacial score (nSPS) is 21.7. The summed E-state index contributed by atoms with van der Waals surface area (Å²) in [5.74, 6) is 2.05. The molecule has 1 heterocycles. The van der Waals surface area contributed by atoms with E-state index in [0.717, 1.165) is 18.2 Å². The summed E-state index contributed by atoms with van der Waals surface area (Å²) >= 11 is 1.78. The molecular formula is C7H15ClN2OS. The van der Waals surface area contributed by atoms with Gasteiger partial charge in [-0.2, -0.15) is 0 Å². The first kappa shape index (κ1) is 12.1. The van der Waals surface area contributed by atoms with Crippen molar-refractivity contribution in [2.75, 3.05) is 25.2 Å². The summed E-state index contributed by atoms with van der Waals surface area (Å²) in [6.45, 7) is 2.78. The van der Waals surface area contributed by atoms with Crippen LogP contribution in [-0.2, 0) is 4.79 Å². The molecule has 0 unspecified atom stereocenters. The Kier molecular flexibility index (Phi) is 5.70. The Labute approximate surface area is 83.7 Å². The van der Waals surface area contributed by atoms with Crippen molar-refractivity contribution in [3.05, 3.63) is 0 Å². The topological polar surface area (TPSA) is 32.3 Å². The first-order valence-electron chi connectivity index (χ1n) is 3.81. The second-order valence-electron chi connectivity index (χ2n) is 2.62. The number of thioether (sulfide) groups is 1. The Morgan fingerprint density at radius 3 is 2.83 bits per heavy atom. The standard InChI is InChI=1S/C7H14N2OS.ClH/c1-3-9(2)7(10)6-4-11-5-8-6;/h6,8H,3-5H2,1-2H3;1H/t6-;/m1./s1. The summed E-state index contributed by atoms with van der Waals surface area (Å²) < 4.78 is 0. The van der Waals surface area contributed by atoms with Crippen molar-refractivity contribution in [1.82, 2.24) is 10.2 Å². The molecule has 3 nitrogen and oxygen atoms in total. The van der Waals surface area contributed by atoms with Gasteiger partial charge < -0.3 is 4.90 Å². The van der Waals surface area contributed by atoms with E-state index in [0.29, 0.717) is 0 Å². The minimum Gasteiger partial charge on any atom is -0.345 e. The van der Waals surface area contributed by atoms with Crippen LogP contribution in [0.15, 0.2) is 0 Å². The molecule has 1 saturated heterocycles. The smallest absolute Gasteiger partial charge is 0.240 e. The van der Waals surface area contributed by atoms with Gasteiger partial charge in [0.15, 0.2) is 0 Å². The predicted octanol–water partition coefficient (Wildman–Crippen LogP) is 0.549. The number of hydrogen-bond acceptors (Lipinski definition) is 3. The molecule has 0 bridgehead atoms. The van der Waals surface area contributed by atoms with E-state index in [-0.39, 0.29) is 24.4 Å². The summed E-state index contributed by atoms with van der Waals surface area (Å²) in [6.07, 6.45) is 0. The van der Waals surface area contributed by atoms with Crippen molar-refractivity contribution in [1.29, 1.82) is 0 Å². The van der Waals surface area contributed by atoms with Crippen molar-refractivity contribution in [3.63, 3.8) is 0 Å². The number of amides is 1. The molecule has 1 N–H and O–H groups in total. The molecule has 0 saturated carbocycles. The average Bonchev–Trinajstić information content (AvgIpc) is 2.53. The molecule has 0 spiro atoms. The molecule has 1 aliphatic heterocycles. The van der Waals surface area contributed by atoms with Crippen molar-refractivity contribution in [2.24, 2.45) is 0 Å². The highest BCUT2D eigenvalue weighted by Crippen LogP contribution is 2.10. The molecule has 72 valence electrons. The summed E-state index contributed by atoms with van der Waals surface area (Å²) in [7, 11) is 1.84. The van der Waals surface area contributed by atoms with Crippen LogP contribution in [0.25, 0.3) is 0 Å². The average molecular weight is 211 g/mol. The summed E-state index contributed by atoms with van der Waals surface area (Å²) in [4.78, 5) is 13.2. The van der Waals surface area contributed by atoms with Gasteiger partial charge in [0.1, 0.15) is 0 Å². The SMILES string of the molecule is CCN(C)C(=O)[C@H]1CSCN1.Cl. The Hall–Kier alpha value is 0.0700. The number of halogens is 1. The highest BCUT2D eigenvalue weighted by Gasteiger charge is 2.24. The van der Waals surface area contributed by atoms with E-state index in [2.05, 4.69) is 5.32 Å². The van der Waals surface area contributed by atoms with Gasteiger partial charge in [-0.25, -0.2) is 0 Å². The van der Waals surface area contributed by atoms with Gasteiger partial charge in [-0.05, 0) is 6.92 Å². The van der Waals surface area contributed by atoms with E-state index < -0.39 is 0 Å². The fraction of sp³-hybridized carbons (Fsp3) is 0.857. The molecule has 0 radical (unpaired) electrons. The zero-order valence-electron chi connectivity index (χ0n) is 7.37. The number of carbonyl (C=O) groups is 1. The van der Waals surface area contributed by atoms with E-state index in [9.17, 15) is 4.79 Å². The van der Waals surface area contributed by atoms with E-state index in [1.54, 1.807) is 16.7 Å². The molecule has 5 heteroatoms. The van der Waals surface area contributed by atoms with Crippen LogP contribution in [0.5, 0.6) is 0 Å². The van der Waals surface area contributed by atoms with Crippen LogP contribution in [0.4, 0.5) is 0 Å². The fourth-order valence-electron chi connectivity index (χ4n) is 0.976. The van der Waals surface area contributed by atoms with Crippen LogP contribution < -0.4 is 5.32 Å². The van der Waals surface area contributed by atoms with Crippen LogP contribution >= 0.6 is 24.2 Å². The molecule has 1 rings (SSSR count). The lowest BCUT2D eigenvalue weighted by molar-refractivity contribution is -0.131. The van der Waals surface area contributed by atoms with Gasteiger partial charge in [-0.3, -0.25) is 10.1 Å². The number of hydrogen-bond donors (Lipinski definition) is 1. The maximum absolute atomic E-state index is 11.4. The Morgan fingerprint density at radius 1 is 1.75 bits per heavy atom. The fourth-order valence-corrected chi connectivity index (χ4v) is 1.91. The van der Waals surface area contributed by atoms with Crippen molar-refractivity contribution in [3.8, 4) is 0 Å². The van der Waals surface area contributed by atoms with E-state index in [1.165, 1.54) is 0 Å². The highest BCUT2D eigenvalue weighted by atomic mass is 35.5. The number of carbonyl (C=O) groups excluding carboxylic acids is 1. The summed E-state index contributed by atoms with van der Waals surface area (Å²) in [5, 5.41) is 3.14. The highest BCUT2D eigenvalue weighted by molar-refractivity contribution is 7.99. The molecule has 0 aromatic carbocycles. The van der Waals surface area contributed by atoms with Gasteiger partial charge in [-0.15, -0.1) is 24.2 Å². The van der Waals surface area contributed by atoms with Crippen molar-refractivity contribution >= 4 is 30.1 Å². The quantitative estimate of drug-likeness (QED) is 0.723. The molecule has 1 atom stereocenters. The van der Waals surface area contributed by atoms with E-state index in [1.807, 2.05) is 14.0 Å². The Morgan fingerprint density at radius 2 is 2.42 bits per heavy atom. The van der Waals surface area contributed by atoms with Gasteiger partial charge >= 0.3 is 0 Å². The number of nitrogens with one attached hydrogen (secondary N) is 1. The lowest BCUT2D eigenvalue weighted by Gasteiger charge is -2.18. The van der Waals surface area contributed by atoms with Crippen molar-refractivity contribution < 1.29 is 4.79 Å². The molecule has 0 aromatic heterocycles. The van der Waals surface area contributed by atoms with Gasteiger partial charge in [0.2, 0.25) is 5.91 Å². The molecule has 12 heavy (non-hydrogen) atoms. The van der Waals surface area contributed by atoms with Crippen LogP contribution in [0.1, 0.15) is 6.92 Å². The molecule has 0 aromatic rings. The first-order chi connectivity index (χ1) is 5.25. The Balaban J connectivity index is 0.00000121. The zero-order chi connectivity index (χ0) is 8.27. The number of nitrogens with zero attached hydrogens (tertiary/aromatic N) is 1. The summed E-state index contributed by atoms with van der Waals surface area (Å²) in [5.41, 5.74) is 0. The molecule has 1 fully saturated rings. The number of rotatable bonds is 2. The van der Waals surface area contributed by atoms with Crippen LogP contribution in [0.2, 0.25) is 0 Å². The molecular weight excluding hydrogens is 196 g/mol. The van der Waals surface area contributed by atoms with Crippen LogP contribution in [-0.4, -0.2) is 42.1 Å². The second kappa shape index (κ2) is 5.67. The maximum Gasteiger partial charge on any atom is 0.240 e. The third kappa shape index (κ3) is 2.84. The van der Waals surface area contributed by atoms with Gasteiger partial charge in [0, 0.05) is 25.2 Å². The predicted molar refractivity (Wildman–Crippen MR) is 54.8 cm³/mol. The Bertz CT molecular complexity index is 150. The third-order valence-electron chi connectivity index (χ3n) is 1.86. The molecule has 1 amide bonds. The minimum atomic E-state index is 0. The van der Waals surface area contributed by atoms with Gasteiger partial charge in [-0.1, -0.05) is 0 Å². The van der Waals surface area contributed by atoms with E-state index >= 15 is 0 Å². The number of likely N-dealkylation sites (N-methyl/N-ethyl adjacent to an activating group) is 1. The van der Waals surface area contributed by atoms with E-state index in [4.69, 9.17) is 0 Å². The lowest BCUT2D eigenvalue weighted by atomic mass is 10.3.